The van der Waals surface area contributed by atoms with E-state index in [-0.39, 0.29) is 51.0 Å². The maximum atomic E-state index is 2.28. The molecule has 0 aliphatic heterocycles. The fourth-order valence-electron chi connectivity index (χ4n) is 3.08. The van der Waals surface area contributed by atoms with Crippen LogP contribution < -0.4 is 24.8 Å². The topological polar surface area (TPSA) is 0 Å². The Kier molecular flexibility index (Phi) is 7.14. The molecule has 0 aliphatic rings. The molecule has 0 aliphatic carbocycles. The first-order chi connectivity index (χ1) is 9.83. The summed E-state index contributed by atoms with van der Waals surface area (Å²) in [6.07, 6.45) is 0. The fraction of sp³-hybridized carbons (Fsp3) is 0.0500. The molecule has 0 amide bonds. The van der Waals surface area contributed by atoms with Crippen LogP contribution in [0.1, 0.15) is 5.56 Å². The predicted octanol–water partition coefficient (Wildman–Crippen LogP) is -0.307. The molecule has 0 bridgehead atoms. The van der Waals surface area contributed by atoms with Crippen LogP contribution in [0.3, 0.4) is 0 Å². The van der Waals surface area contributed by atoms with E-state index in [9.17, 15) is 0 Å². The van der Waals surface area contributed by atoms with Gasteiger partial charge in [-0.05, 0) is 16.3 Å². The van der Waals surface area contributed by atoms with E-state index in [4.69, 9.17) is 0 Å². The van der Waals surface area contributed by atoms with Crippen LogP contribution in [0.25, 0.3) is 32.7 Å². The number of fused-ring (bicyclic) bond motifs is 2. The van der Waals surface area contributed by atoms with E-state index in [0.717, 1.165) is 0 Å². The number of halogens is 2. The van der Waals surface area contributed by atoms with E-state index < -0.39 is 0 Å². The third kappa shape index (κ3) is 3.58. The van der Waals surface area contributed by atoms with Gasteiger partial charge in [0.15, 0.2) is 0 Å². The summed E-state index contributed by atoms with van der Waals surface area (Å²) in [5.74, 6) is 0. The summed E-state index contributed by atoms with van der Waals surface area (Å²) in [4.78, 5) is 0. The van der Waals surface area contributed by atoms with Gasteiger partial charge in [-0.3, -0.25) is 0 Å². The minimum Gasteiger partial charge on any atom is -1.00 e. The normalized spacial score (nSPS) is 9.78. The third-order valence-corrected chi connectivity index (χ3v) is 3.97. The summed E-state index contributed by atoms with van der Waals surface area (Å²) < 4.78 is 0. The third-order valence-electron chi connectivity index (χ3n) is 3.97. The first kappa shape index (κ1) is 20.0. The molecule has 0 saturated heterocycles. The Morgan fingerprint density at radius 1 is 0.696 bits per heavy atom. The number of hydrogen-bond acceptors (Lipinski definition) is 0. The van der Waals surface area contributed by atoms with E-state index >= 15 is 0 Å². The van der Waals surface area contributed by atoms with Gasteiger partial charge in [0.1, 0.15) is 0 Å². The average Bonchev–Trinajstić information content (AvgIpc) is 2.87. The minimum atomic E-state index is 0. The summed E-state index contributed by atoms with van der Waals surface area (Å²) in [6.45, 7) is 2.16. The smallest absolute Gasteiger partial charge is 1.00 e. The second-order valence-electron chi connectivity index (χ2n) is 5.37. The Bertz CT molecular complexity index is 920. The van der Waals surface area contributed by atoms with Gasteiger partial charge in [-0.25, -0.2) is 0 Å². The Balaban J connectivity index is 0.000000882. The van der Waals surface area contributed by atoms with Crippen LogP contribution >= 0.6 is 0 Å². The molecule has 0 aromatic heterocycles. The number of rotatable bonds is 1. The van der Waals surface area contributed by atoms with Crippen molar-refractivity contribution in [3.05, 3.63) is 78.4 Å². The van der Waals surface area contributed by atoms with Gasteiger partial charge in [0.05, 0.1) is 0 Å². The standard InChI is InChI=1S/C20H15.2ClH.Zr/c1-14-12-16-8-5-11-19(20(16)13-14)18-10-4-7-15-6-2-3-9-17(15)18;;;/h2-13H,1H3;2*1H;/q-1;;;+3/p-2. The molecule has 0 saturated carbocycles. The van der Waals surface area contributed by atoms with Gasteiger partial charge in [-0.2, -0.15) is 6.07 Å². The van der Waals surface area contributed by atoms with Crippen molar-refractivity contribution >= 4 is 21.5 Å². The Labute approximate surface area is 168 Å². The van der Waals surface area contributed by atoms with Crippen molar-refractivity contribution in [3.63, 3.8) is 0 Å². The van der Waals surface area contributed by atoms with Gasteiger partial charge < -0.3 is 24.8 Å². The Morgan fingerprint density at radius 2 is 1.30 bits per heavy atom. The van der Waals surface area contributed by atoms with E-state index in [1.165, 1.54) is 38.2 Å². The number of aryl methyl sites for hydroxylation is 1. The van der Waals surface area contributed by atoms with Crippen LogP contribution in [0.2, 0.25) is 0 Å². The number of benzene rings is 3. The van der Waals surface area contributed by atoms with Gasteiger partial charge in [0, 0.05) is 0 Å². The summed E-state index contributed by atoms with van der Waals surface area (Å²) >= 11 is 0. The van der Waals surface area contributed by atoms with Crippen molar-refractivity contribution in [3.8, 4) is 11.1 Å². The van der Waals surface area contributed by atoms with Crippen molar-refractivity contribution < 1.29 is 51.0 Å². The summed E-state index contributed by atoms with van der Waals surface area (Å²) in [7, 11) is 0. The Morgan fingerprint density at radius 3 is 2.09 bits per heavy atom. The molecule has 0 nitrogen and oxygen atoms in total. The van der Waals surface area contributed by atoms with E-state index in [0.29, 0.717) is 0 Å². The van der Waals surface area contributed by atoms with Crippen molar-refractivity contribution in [1.82, 2.24) is 0 Å². The second kappa shape index (κ2) is 8.20. The molecule has 4 aromatic rings. The minimum absolute atomic E-state index is 0. The molecule has 0 spiro atoms. The summed E-state index contributed by atoms with van der Waals surface area (Å²) in [5, 5.41) is 5.29. The number of hydrogen-bond donors (Lipinski definition) is 0. The Hall–Kier alpha value is -1.01. The molecule has 4 aromatic carbocycles. The molecule has 0 fully saturated rings. The van der Waals surface area contributed by atoms with E-state index in [1.54, 1.807) is 0 Å². The maximum absolute atomic E-state index is 2.28. The maximum Gasteiger partial charge on any atom is 3.00 e. The molecular formula is C20H15Cl2Zr. The fourth-order valence-corrected chi connectivity index (χ4v) is 3.08. The molecule has 3 heteroatoms. The molecular weight excluding hydrogens is 402 g/mol. The van der Waals surface area contributed by atoms with E-state index in [1.807, 2.05) is 0 Å². The molecule has 0 N–H and O–H groups in total. The summed E-state index contributed by atoms with van der Waals surface area (Å²) in [6, 6.07) is 26.2. The molecule has 1 radical (unpaired) electrons. The van der Waals surface area contributed by atoms with Crippen molar-refractivity contribution in [1.29, 1.82) is 0 Å². The molecule has 0 atom stereocenters. The van der Waals surface area contributed by atoms with Gasteiger partial charge >= 0.3 is 26.2 Å². The van der Waals surface area contributed by atoms with Crippen molar-refractivity contribution in [2.45, 2.75) is 6.92 Å². The van der Waals surface area contributed by atoms with Gasteiger partial charge in [0.2, 0.25) is 0 Å². The van der Waals surface area contributed by atoms with Crippen LogP contribution in [0, 0.1) is 6.92 Å². The van der Waals surface area contributed by atoms with Crippen LogP contribution in [-0.4, -0.2) is 0 Å². The molecule has 0 unspecified atom stereocenters. The second-order valence-corrected chi connectivity index (χ2v) is 5.37. The molecule has 4 rings (SSSR count). The molecule has 113 valence electrons. The zero-order valence-corrected chi connectivity index (χ0v) is 16.7. The van der Waals surface area contributed by atoms with Crippen LogP contribution in [-0.2, 0) is 26.2 Å². The predicted molar refractivity (Wildman–Crippen MR) is 87.2 cm³/mol. The summed E-state index contributed by atoms with van der Waals surface area (Å²) in [5.41, 5.74) is 3.97. The molecule has 23 heavy (non-hydrogen) atoms. The average molecular weight is 417 g/mol. The first-order valence-electron chi connectivity index (χ1n) is 6.97. The zero-order valence-electron chi connectivity index (χ0n) is 12.7. The van der Waals surface area contributed by atoms with Crippen LogP contribution in [0.5, 0.6) is 0 Å². The van der Waals surface area contributed by atoms with Crippen molar-refractivity contribution in [2.75, 3.05) is 0 Å². The van der Waals surface area contributed by atoms with E-state index in [2.05, 4.69) is 79.7 Å². The quantitative estimate of drug-likeness (QED) is 0.373. The SMILES string of the molecule is Cc1cc2c(-c3cccc4ccccc34)cccc2[cH-]1.[Cl-].[Cl-].[Zr+3]. The zero-order chi connectivity index (χ0) is 13.5. The monoisotopic (exact) mass is 415 g/mol. The van der Waals surface area contributed by atoms with Crippen LogP contribution in [0.4, 0.5) is 0 Å². The van der Waals surface area contributed by atoms with Gasteiger partial charge in [0.25, 0.3) is 0 Å². The largest absolute Gasteiger partial charge is 3.00 e. The van der Waals surface area contributed by atoms with Gasteiger partial charge in [-0.1, -0.05) is 61.0 Å². The van der Waals surface area contributed by atoms with Crippen molar-refractivity contribution in [2.24, 2.45) is 0 Å². The van der Waals surface area contributed by atoms with Gasteiger partial charge in [-0.15, -0.1) is 34.5 Å². The first-order valence-corrected chi connectivity index (χ1v) is 6.97. The van der Waals surface area contributed by atoms with Crippen LogP contribution in [0.15, 0.2) is 72.8 Å². The molecule has 0 heterocycles.